The van der Waals surface area contributed by atoms with E-state index in [1.807, 2.05) is 41.8 Å². The molecule has 1 heterocycles. The van der Waals surface area contributed by atoms with Crippen molar-refractivity contribution in [2.24, 2.45) is 0 Å². The summed E-state index contributed by atoms with van der Waals surface area (Å²) in [5, 5.41) is 12.6. The van der Waals surface area contributed by atoms with Gasteiger partial charge in [-0.05, 0) is 50.5 Å². The summed E-state index contributed by atoms with van der Waals surface area (Å²) in [5.41, 5.74) is 4.43. The number of thioether (sulfide) groups is 1. The van der Waals surface area contributed by atoms with E-state index >= 15 is 0 Å². The van der Waals surface area contributed by atoms with Crippen LogP contribution in [0.3, 0.4) is 0 Å². The Bertz CT molecular complexity index is 968. The van der Waals surface area contributed by atoms with Crippen LogP contribution in [0, 0.1) is 13.8 Å². The molecular weight excluding hydrogens is 380 g/mol. The lowest BCUT2D eigenvalue weighted by Crippen LogP contribution is -2.33. The molecule has 0 fully saturated rings. The van der Waals surface area contributed by atoms with Gasteiger partial charge in [-0.15, -0.1) is 10.2 Å². The highest BCUT2D eigenvalue weighted by Gasteiger charge is 2.18. The van der Waals surface area contributed by atoms with Crippen molar-refractivity contribution < 1.29 is 4.79 Å². The molecule has 0 saturated carbocycles. The molecule has 3 rings (SSSR count). The Balaban J connectivity index is 1.90. The molecule has 5 nitrogen and oxygen atoms in total. The molecule has 1 amide bonds. The van der Waals surface area contributed by atoms with Crippen molar-refractivity contribution in [3.8, 4) is 17.1 Å². The van der Waals surface area contributed by atoms with Gasteiger partial charge in [0.15, 0.2) is 11.0 Å². The molecule has 0 aliphatic carbocycles. The summed E-state index contributed by atoms with van der Waals surface area (Å²) in [6.07, 6.45) is 2.03. The normalized spacial score (nSPS) is 12.0. The van der Waals surface area contributed by atoms with Gasteiger partial charge in [-0.1, -0.05) is 61.5 Å². The average molecular weight is 409 g/mol. The molecule has 1 atom stereocenters. The minimum Gasteiger partial charge on any atom is -0.353 e. The first kappa shape index (κ1) is 21.1. The second-order valence-corrected chi connectivity index (χ2v) is 8.26. The Hall–Kier alpha value is -2.60. The molecule has 0 spiro atoms. The average Bonchev–Trinajstić information content (AvgIpc) is 3.13. The van der Waals surface area contributed by atoms with Crippen molar-refractivity contribution in [2.75, 3.05) is 5.75 Å². The monoisotopic (exact) mass is 408 g/mol. The zero-order valence-corrected chi connectivity index (χ0v) is 18.3. The number of hydrogen-bond donors (Lipinski definition) is 1. The van der Waals surface area contributed by atoms with Gasteiger partial charge in [0.1, 0.15) is 0 Å². The zero-order chi connectivity index (χ0) is 20.8. The van der Waals surface area contributed by atoms with Crippen LogP contribution in [-0.4, -0.2) is 32.5 Å². The van der Waals surface area contributed by atoms with E-state index in [9.17, 15) is 4.79 Å². The van der Waals surface area contributed by atoms with E-state index in [0.29, 0.717) is 10.9 Å². The Labute approximate surface area is 176 Å². The fraction of sp³-hybridized carbons (Fsp3) is 0.348. The first-order chi connectivity index (χ1) is 14.0. The molecule has 0 bridgehead atoms. The fourth-order valence-electron chi connectivity index (χ4n) is 3.19. The van der Waals surface area contributed by atoms with Crippen molar-refractivity contribution in [3.63, 3.8) is 0 Å². The lowest BCUT2D eigenvalue weighted by atomic mass is 10.1. The number of aryl methyl sites for hydroxylation is 2. The van der Waals surface area contributed by atoms with Crippen LogP contribution >= 0.6 is 11.8 Å². The van der Waals surface area contributed by atoms with Crippen molar-refractivity contribution in [3.05, 3.63) is 59.7 Å². The number of carbonyl (C=O) groups excluding carboxylic acids is 1. The van der Waals surface area contributed by atoms with Gasteiger partial charge < -0.3 is 5.32 Å². The molecule has 0 unspecified atom stereocenters. The fourth-order valence-corrected chi connectivity index (χ4v) is 3.95. The van der Waals surface area contributed by atoms with Crippen LogP contribution in [0.5, 0.6) is 0 Å². The van der Waals surface area contributed by atoms with E-state index in [1.165, 1.54) is 22.9 Å². The Morgan fingerprint density at radius 3 is 2.55 bits per heavy atom. The van der Waals surface area contributed by atoms with Gasteiger partial charge in [-0.2, -0.15) is 0 Å². The predicted octanol–water partition coefficient (Wildman–Crippen LogP) is 4.95. The van der Waals surface area contributed by atoms with Gasteiger partial charge in [-0.25, -0.2) is 0 Å². The Morgan fingerprint density at radius 2 is 1.86 bits per heavy atom. The van der Waals surface area contributed by atoms with Crippen molar-refractivity contribution in [2.45, 2.75) is 51.7 Å². The van der Waals surface area contributed by atoms with Crippen LogP contribution < -0.4 is 5.32 Å². The molecule has 0 saturated heterocycles. The van der Waals surface area contributed by atoms with Crippen molar-refractivity contribution in [1.82, 2.24) is 20.1 Å². The van der Waals surface area contributed by atoms with E-state index in [0.717, 1.165) is 29.9 Å². The third-order valence-electron chi connectivity index (χ3n) is 4.88. The van der Waals surface area contributed by atoms with Crippen LogP contribution in [0.4, 0.5) is 0 Å². The van der Waals surface area contributed by atoms with Crippen molar-refractivity contribution >= 4 is 17.7 Å². The number of nitrogens with one attached hydrogen (secondary N) is 1. The van der Waals surface area contributed by atoms with Gasteiger partial charge in [0.25, 0.3) is 0 Å². The van der Waals surface area contributed by atoms with E-state index in [1.54, 1.807) is 0 Å². The third kappa shape index (κ3) is 5.26. The number of benzene rings is 2. The minimum atomic E-state index is 0.0202. The summed E-state index contributed by atoms with van der Waals surface area (Å²) in [5.74, 6) is 1.11. The van der Waals surface area contributed by atoms with E-state index in [2.05, 4.69) is 54.5 Å². The molecule has 6 heteroatoms. The summed E-state index contributed by atoms with van der Waals surface area (Å²) in [6, 6.07) is 16.5. The first-order valence-corrected chi connectivity index (χ1v) is 11.0. The highest BCUT2D eigenvalue weighted by Crippen LogP contribution is 2.28. The predicted molar refractivity (Wildman–Crippen MR) is 120 cm³/mol. The number of amides is 1. The maximum absolute atomic E-state index is 12.3. The molecule has 152 valence electrons. The first-order valence-electron chi connectivity index (χ1n) is 10.00. The quantitative estimate of drug-likeness (QED) is 0.536. The standard InChI is InChI=1S/C23H28N4OS/c1-5-9-18(4)24-21(28)15-29-23-26-25-22(19-10-7-6-8-11-19)27(23)20-13-12-16(2)17(3)14-20/h6-8,10-14,18H,5,9,15H2,1-4H3,(H,24,28)/t18-/m0/s1. The topological polar surface area (TPSA) is 59.8 Å². The van der Waals surface area contributed by atoms with Gasteiger partial charge in [0.05, 0.1) is 11.4 Å². The number of hydrogen-bond acceptors (Lipinski definition) is 4. The second-order valence-electron chi connectivity index (χ2n) is 7.32. The summed E-state index contributed by atoms with van der Waals surface area (Å²) in [6.45, 7) is 8.35. The molecule has 0 aliphatic rings. The number of nitrogens with zero attached hydrogens (tertiary/aromatic N) is 3. The number of carbonyl (C=O) groups is 1. The summed E-state index contributed by atoms with van der Waals surface area (Å²) < 4.78 is 2.04. The van der Waals surface area contributed by atoms with Crippen LogP contribution in [0.1, 0.15) is 37.8 Å². The molecule has 0 aliphatic heterocycles. The van der Waals surface area contributed by atoms with Crippen LogP contribution in [0.25, 0.3) is 17.1 Å². The number of aromatic nitrogens is 3. The minimum absolute atomic E-state index is 0.0202. The van der Waals surface area contributed by atoms with E-state index < -0.39 is 0 Å². The van der Waals surface area contributed by atoms with Gasteiger partial charge in [0.2, 0.25) is 5.91 Å². The van der Waals surface area contributed by atoms with Crippen LogP contribution in [0.2, 0.25) is 0 Å². The van der Waals surface area contributed by atoms with Gasteiger partial charge >= 0.3 is 0 Å². The Morgan fingerprint density at radius 1 is 1.10 bits per heavy atom. The van der Waals surface area contributed by atoms with Gasteiger partial charge in [-0.3, -0.25) is 9.36 Å². The number of rotatable bonds is 8. The third-order valence-corrected chi connectivity index (χ3v) is 5.80. The summed E-state index contributed by atoms with van der Waals surface area (Å²) >= 11 is 1.41. The molecule has 1 N–H and O–H groups in total. The van der Waals surface area contributed by atoms with Crippen LogP contribution in [0.15, 0.2) is 53.7 Å². The smallest absolute Gasteiger partial charge is 0.230 e. The molecule has 2 aromatic carbocycles. The lowest BCUT2D eigenvalue weighted by molar-refractivity contribution is -0.119. The highest BCUT2D eigenvalue weighted by atomic mass is 32.2. The summed E-state index contributed by atoms with van der Waals surface area (Å²) in [4.78, 5) is 12.3. The molecule has 1 aromatic heterocycles. The molecule has 29 heavy (non-hydrogen) atoms. The maximum atomic E-state index is 12.3. The largest absolute Gasteiger partial charge is 0.353 e. The van der Waals surface area contributed by atoms with E-state index in [4.69, 9.17) is 0 Å². The highest BCUT2D eigenvalue weighted by molar-refractivity contribution is 7.99. The zero-order valence-electron chi connectivity index (χ0n) is 17.5. The van der Waals surface area contributed by atoms with E-state index in [-0.39, 0.29) is 11.9 Å². The SMILES string of the molecule is CCC[C@H](C)NC(=O)CSc1nnc(-c2ccccc2)n1-c1ccc(C)c(C)c1. The Kier molecular flexibility index (Phi) is 7.09. The lowest BCUT2D eigenvalue weighted by Gasteiger charge is -2.14. The maximum Gasteiger partial charge on any atom is 0.230 e. The van der Waals surface area contributed by atoms with Crippen molar-refractivity contribution in [1.29, 1.82) is 0 Å². The van der Waals surface area contributed by atoms with Gasteiger partial charge in [0, 0.05) is 11.6 Å². The summed E-state index contributed by atoms with van der Waals surface area (Å²) in [7, 11) is 0. The second kappa shape index (κ2) is 9.74. The molecular formula is C23H28N4OS. The molecule has 0 radical (unpaired) electrons. The van der Waals surface area contributed by atoms with Crippen LogP contribution in [-0.2, 0) is 4.79 Å². The molecule has 3 aromatic rings.